The number of hydrazine groups is 1. The topological polar surface area (TPSA) is 146 Å². The van der Waals surface area contributed by atoms with Crippen molar-refractivity contribution in [2.24, 2.45) is 23.7 Å². The Morgan fingerprint density at radius 2 is 1.55 bits per heavy atom. The Bertz CT molecular complexity index is 1840. The third-order valence-electron chi connectivity index (χ3n) is 10.1. The van der Waals surface area contributed by atoms with Gasteiger partial charge in [0.05, 0.1) is 43.1 Å². The average Bonchev–Trinajstić information content (AvgIpc) is 3.42. The smallest absolute Gasteiger partial charge is 0.260 e. The van der Waals surface area contributed by atoms with Gasteiger partial charge < -0.3 is 14.6 Å². The number of imide groups is 2. The van der Waals surface area contributed by atoms with Crippen LogP contribution < -0.4 is 14.9 Å². The molecule has 3 N–H and O–H groups in total. The van der Waals surface area contributed by atoms with Crippen LogP contribution in [0, 0.1) is 29.5 Å². The normalized spacial score (nSPS) is 28.1. The number of anilines is 1. The lowest BCUT2D eigenvalue weighted by Gasteiger charge is -2.50. The van der Waals surface area contributed by atoms with Crippen LogP contribution in [-0.4, -0.2) is 58.2 Å². The van der Waals surface area contributed by atoms with Gasteiger partial charge in [-0.1, -0.05) is 35.4 Å². The van der Waals surface area contributed by atoms with Gasteiger partial charge in [-0.3, -0.25) is 29.8 Å². The van der Waals surface area contributed by atoms with Gasteiger partial charge >= 0.3 is 0 Å². The third kappa shape index (κ3) is 4.35. The number of amides is 4. The molecule has 11 nitrogen and oxygen atoms in total. The second kappa shape index (κ2) is 11.1. The first-order chi connectivity index (χ1) is 22.5. The van der Waals surface area contributed by atoms with Gasteiger partial charge in [0.15, 0.2) is 11.5 Å². The molecule has 2 aliphatic carbocycles. The maximum atomic E-state index is 15.1. The molecule has 2 saturated heterocycles. The molecule has 2 heterocycles. The predicted molar refractivity (Wildman–Crippen MR) is 164 cm³/mol. The molecular weight excluding hydrogens is 633 g/mol. The number of hydrogen-bond donors (Lipinski definition) is 3. The van der Waals surface area contributed by atoms with Gasteiger partial charge in [0.25, 0.3) is 23.6 Å². The minimum Gasteiger partial charge on any atom is -0.502 e. The van der Waals surface area contributed by atoms with Crippen molar-refractivity contribution in [3.63, 3.8) is 0 Å². The summed E-state index contributed by atoms with van der Waals surface area (Å²) in [5.74, 6) is -7.96. The van der Waals surface area contributed by atoms with Gasteiger partial charge in [-0.15, -0.1) is 0 Å². The van der Waals surface area contributed by atoms with E-state index >= 15 is 4.79 Å². The lowest BCUT2D eigenvalue weighted by atomic mass is 9.49. The number of nitrogens with one attached hydrogen (secondary N) is 1. The Morgan fingerprint density at radius 3 is 2.17 bits per heavy atom. The summed E-state index contributed by atoms with van der Waals surface area (Å²) in [4.78, 5) is 55.9. The van der Waals surface area contributed by atoms with Gasteiger partial charge in [-0.2, -0.15) is 10.1 Å². The Kier molecular flexibility index (Phi) is 7.25. The van der Waals surface area contributed by atoms with Crippen LogP contribution in [0.3, 0.4) is 0 Å². The van der Waals surface area contributed by atoms with E-state index in [0.29, 0.717) is 21.7 Å². The zero-order chi connectivity index (χ0) is 33.4. The van der Waals surface area contributed by atoms with Crippen LogP contribution in [0.15, 0.2) is 72.3 Å². The maximum Gasteiger partial charge on any atom is 0.260 e. The van der Waals surface area contributed by atoms with E-state index in [1.807, 2.05) is 6.08 Å². The van der Waals surface area contributed by atoms with E-state index in [9.17, 15) is 29.1 Å². The number of carbonyl (C=O) groups is 4. The number of hydrogen-bond acceptors (Lipinski definition) is 9. The van der Waals surface area contributed by atoms with E-state index in [-0.39, 0.29) is 40.8 Å². The summed E-state index contributed by atoms with van der Waals surface area (Å²) in [7, 11) is 2.73. The van der Waals surface area contributed by atoms with Crippen molar-refractivity contribution in [1.29, 1.82) is 0 Å². The third-order valence-corrected chi connectivity index (χ3v) is 10.3. The number of ether oxygens (including phenoxy) is 2. The van der Waals surface area contributed by atoms with Crippen LogP contribution in [0.1, 0.15) is 29.9 Å². The highest BCUT2D eigenvalue weighted by Gasteiger charge is 2.70. The van der Waals surface area contributed by atoms with Crippen molar-refractivity contribution < 1.29 is 43.4 Å². The van der Waals surface area contributed by atoms with Crippen molar-refractivity contribution in [2.75, 3.05) is 19.6 Å². The van der Waals surface area contributed by atoms with Crippen LogP contribution in [0.2, 0.25) is 5.02 Å². The van der Waals surface area contributed by atoms with Crippen LogP contribution in [0.5, 0.6) is 17.2 Å². The van der Waals surface area contributed by atoms with Crippen molar-refractivity contribution >= 4 is 40.9 Å². The van der Waals surface area contributed by atoms with Crippen LogP contribution in [-0.2, 0) is 24.6 Å². The molecule has 0 aromatic heterocycles. The first-order valence-electron chi connectivity index (χ1n) is 14.9. The highest BCUT2D eigenvalue weighted by Crippen LogP contribution is 2.64. The number of fused-ring (bicyclic) bond motifs is 4. The molecule has 6 unspecified atom stereocenters. The highest BCUT2D eigenvalue weighted by molar-refractivity contribution is 6.30. The lowest BCUT2D eigenvalue weighted by Crippen LogP contribution is -2.53. The van der Waals surface area contributed by atoms with E-state index in [4.69, 9.17) is 21.1 Å². The van der Waals surface area contributed by atoms with Crippen LogP contribution in [0.25, 0.3) is 0 Å². The van der Waals surface area contributed by atoms with Crippen LogP contribution in [0.4, 0.5) is 10.1 Å². The van der Waals surface area contributed by atoms with E-state index in [2.05, 4.69) is 5.43 Å². The van der Waals surface area contributed by atoms with Gasteiger partial charge in [0, 0.05) is 10.9 Å². The molecule has 4 amide bonds. The first kappa shape index (κ1) is 30.7. The minimum absolute atomic E-state index is 0.00247. The fourth-order valence-electron chi connectivity index (χ4n) is 8.09. The standard InChI is InChI=1S/C34H29ClFN3O8/c1-46-25-13-16(14-26(47-2)29(25)40)28-21-11-12-22-27(32(43)39(45)30(22)41)23(21)15-24-31(42)38(37-20-9-7-19(36)8-10-20)33(44)34(24,28)17-3-5-18(35)6-4-17/h3-11,13-14,22-24,27-28,37,40,45H,12,15H2,1-2H3. The Labute approximate surface area is 273 Å². The molecule has 6 atom stereocenters. The Morgan fingerprint density at radius 1 is 0.915 bits per heavy atom. The molecule has 4 aliphatic rings. The molecule has 13 heteroatoms. The quantitative estimate of drug-likeness (QED) is 0.196. The van der Waals surface area contributed by atoms with E-state index in [1.54, 1.807) is 36.4 Å². The van der Waals surface area contributed by atoms with Crippen molar-refractivity contribution in [2.45, 2.75) is 24.2 Å². The SMILES string of the molecule is COc1cc(C2C3=CCC4C(=O)N(O)C(=O)C4C3CC3C(=O)N(Nc4ccc(F)cc4)C(=O)C32c2ccc(Cl)cc2)cc(OC)c1O. The molecule has 3 aromatic carbocycles. The molecule has 242 valence electrons. The molecule has 0 spiro atoms. The highest BCUT2D eigenvalue weighted by atomic mass is 35.5. The number of carbonyl (C=O) groups excluding carboxylic acids is 4. The number of halogens is 2. The number of nitrogens with zero attached hydrogens (tertiary/aromatic N) is 2. The molecule has 3 aromatic rings. The average molecular weight is 662 g/mol. The predicted octanol–water partition coefficient (Wildman–Crippen LogP) is 4.58. The van der Waals surface area contributed by atoms with Crippen molar-refractivity contribution in [1.82, 2.24) is 10.1 Å². The van der Waals surface area contributed by atoms with Crippen LogP contribution >= 0.6 is 11.6 Å². The molecule has 2 aliphatic heterocycles. The minimum atomic E-state index is -1.64. The zero-order valence-electron chi connectivity index (χ0n) is 25.1. The second-order valence-corrected chi connectivity index (χ2v) is 12.6. The second-order valence-electron chi connectivity index (χ2n) is 12.1. The molecule has 0 radical (unpaired) electrons. The van der Waals surface area contributed by atoms with Gasteiger partial charge in [0.2, 0.25) is 5.75 Å². The number of methoxy groups -OCH3 is 2. The number of rotatable bonds is 6. The maximum absolute atomic E-state index is 15.1. The molecule has 47 heavy (non-hydrogen) atoms. The van der Waals surface area contributed by atoms with Crippen molar-refractivity contribution in [3.8, 4) is 17.2 Å². The number of hydroxylamine groups is 2. The summed E-state index contributed by atoms with van der Waals surface area (Å²) in [6, 6.07) is 14.9. The number of phenolic OH excluding ortho intramolecular Hbond substituents is 1. The number of allylic oxidation sites excluding steroid dienone is 2. The summed E-state index contributed by atoms with van der Waals surface area (Å²) < 4.78 is 24.7. The van der Waals surface area contributed by atoms with Gasteiger partial charge in [-0.25, -0.2) is 4.39 Å². The molecule has 1 saturated carbocycles. The Hall–Kier alpha value is -4.94. The summed E-state index contributed by atoms with van der Waals surface area (Å²) in [6.45, 7) is 0. The van der Waals surface area contributed by atoms with Gasteiger partial charge in [-0.05, 0) is 78.4 Å². The summed E-state index contributed by atoms with van der Waals surface area (Å²) in [5, 5.41) is 22.7. The zero-order valence-corrected chi connectivity index (χ0v) is 25.9. The largest absolute Gasteiger partial charge is 0.502 e. The molecule has 7 rings (SSSR count). The number of benzene rings is 3. The van der Waals surface area contributed by atoms with Crippen molar-refractivity contribution in [3.05, 3.63) is 94.3 Å². The van der Waals surface area contributed by atoms with E-state index in [0.717, 1.165) is 5.01 Å². The molecule has 0 bridgehead atoms. The van der Waals surface area contributed by atoms with E-state index < -0.39 is 64.5 Å². The fraction of sp³-hybridized carbons (Fsp3) is 0.294. The monoisotopic (exact) mass is 661 g/mol. The molecular formula is C34H29ClFN3O8. The summed E-state index contributed by atoms with van der Waals surface area (Å²) in [6.07, 6.45) is 1.92. The number of aromatic hydroxyl groups is 1. The molecule has 3 fully saturated rings. The lowest BCUT2D eigenvalue weighted by molar-refractivity contribution is -0.173. The fourth-order valence-corrected chi connectivity index (χ4v) is 8.22. The Balaban J connectivity index is 1.50. The summed E-state index contributed by atoms with van der Waals surface area (Å²) >= 11 is 6.29. The van der Waals surface area contributed by atoms with E-state index in [1.165, 1.54) is 38.5 Å². The summed E-state index contributed by atoms with van der Waals surface area (Å²) in [5.41, 5.74) is 3.04. The first-order valence-corrected chi connectivity index (χ1v) is 15.3. The van der Waals surface area contributed by atoms with Gasteiger partial charge in [0.1, 0.15) is 5.82 Å². The number of phenols is 1.